The van der Waals surface area contributed by atoms with Gasteiger partial charge in [0, 0.05) is 155 Å². The van der Waals surface area contributed by atoms with E-state index in [1.54, 1.807) is 97.6 Å². The Kier molecular flexibility index (Phi) is 46.2. The SMILES string of the molecule is C=C1CN2CCN3CCN(CC(=O)N[C@@H](CCC(=O)N[C@@H](CSOOO)C(=O)NCCNC(=O)CCCOc4cc(C)c(S(=O)(=O)N[C@@H](CNC(=O)c5ccc6c(cnn6CCCNc6ncc[nH]6)c5)C(=O)O)c(C)c4)C(=O)N[C@@H](CSOOO)C(=O)NCCNC(=O)CCCOc4cc(C)c(S(=O)(=O)N[C@@H](CNC(=O)c5ccc6c(cnn6CCCNc6ncc[nH]6)c5)C(=O)O)c(C)c4)CCN(CC2)CC(=O)[O][In]([O]1)[O]C(=O)C3. The van der Waals surface area contributed by atoms with Crippen LogP contribution in [0.15, 0.2) is 120 Å². The van der Waals surface area contributed by atoms with Crippen LogP contribution in [0.5, 0.6) is 11.5 Å². The standard InChI is InChI=1S/C90H125N25O30S4.In/c1-56-40-65(41-57(2)80(56)148(136,137)108-68(87(130)131)48-101-82(125)61-12-15-72-63(44-61)46-103-114(72)28-8-18-95-89-97-24-25-98-89)140-38-6-10-74(117)91-20-22-93-84(127)70(54-146-144-142-134)106-76(119)17-14-67(105-77(120)51-111-32-36-112(52-78(121)122)34-30-110(50-60(5)116)31-35-113(37-33-111)53-79(123)124)86(129)107-71(55-147-145-143-135)85(128)94-23-21-92-75(118)11-7-39-141-66-42-58(3)81(59(4)43-66)149(138,139)109-69(88(132)133)49-102-83(126)62-13-16-73-64(45-62)47-104-115(73)29-9-19-96-90-99-26-27-100-90;/h12-13,15-16,24-27,40-47,67-71,108-109,116,134-135H,5-11,14,17-23,28-39,48-55H2,1-4H3,(H,91,117)(H,92,118)(H,93,127)(H,94,128)(H,101,125)(H,102,126)(H,105,120)(H,106,119)(H,107,129)(H,121,122)(H,123,124)(H,130,131)(H,132,133)(H2,95,97,98)(H2,96,99,100);/q;+3/p-3/t67-,68-,69-,70-,71-;/m0./s1. The summed E-state index contributed by atoms with van der Waals surface area (Å²) in [6, 6.07) is 7.04. The molecule has 8 aromatic rings. The number of amides is 9. The van der Waals surface area contributed by atoms with Crippen molar-refractivity contribution in [2.45, 2.75) is 132 Å². The predicted octanol–water partition coefficient (Wildman–Crippen LogP) is -0.900. The number of anilines is 2. The first kappa shape index (κ1) is 117. The molecule has 3 aliphatic rings. The summed E-state index contributed by atoms with van der Waals surface area (Å²) in [7, 11) is -9.08. The summed E-state index contributed by atoms with van der Waals surface area (Å²) in [5, 5.41) is 85.4. The first-order chi connectivity index (χ1) is 72.0. The number of carboxylic acid groups (broad SMARTS) is 2. The van der Waals surface area contributed by atoms with Crippen molar-refractivity contribution in [3.8, 4) is 11.5 Å². The van der Waals surface area contributed by atoms with Crippen LogP contribution in [-0.4, -0.2) is 382 Å². The van der Waals surface area contributed by atoms with Crippen LogP contribution in [0.25, 0.3) is 21.8 Å². The summed E-state index contributed by atoms with van der Waals surface area (Å²) in [5.74, 6) is -10.2. The molecule has 11 rings (SSSR count). The molecule has 2 unspecified atom stereocenters. The third-order valence-electron chi connectivity index (χ3n) is 23.5. The van der Waals surface area contributed by atoms with Gasteiger partial charge >= 0.3 is 210 Å². The van der Waals surface area contributed by atoms with Gasteiger partial charge in [-0.2, -0.15) is 19.6 Å². The van der Waals surface area contributed by atoms with Crippen LogP contribution in [0.1, 0.15) is 94.3 Å². The molecule has 4 aromatic carbocycles. The Morgan fingerprint density at radius 1 is 0.487 bits per heavy atom. The molecule has 19 N–H and O–H groups in total. The summed E-state index contributed by atoms with van der Waals surface area (Å²) in [6.45, 7) is 11.8. The van der Waals surface area contributed by atoms with Gasteiger partial charge in [-0.1, -0.05) is 10.1 Å². The molecule has 0 radical (unpaired) electrons. The van der Waals surface area contributed by atoms with Crippen LogP contribution in [0.2, 0.25) is 0 Å². The number of ether oxygens (including phenoxy) is 2. The van der Waals surface area contributed by atoms with Gasteiger partial charge < -0.3 is 82.8 Å². The first-order valence-corrected chi connectivity index (χ1v) is 56.5. The van der Waals surface area contributed by atoms with Crippen molar-refractivity contribution in [3.63, 3.8) is 0 Å². The second-order valence-electron chi connectivity index (χ2n) is 34.8. The van der Waals surface area contributed by atoms with E-state index in [2.05, 4.69) is 128 Å². The minimum atomic E-state index is -4.55. The van der Waals surface area contributed by atoms with Gasteiger partial charge in [0.25, 0.3) is 11.8 Å². The number of H-pyrrole nitrogens is 2. The van der Waals surface area contributed by atoms with Crippen LogP contribution in [0, 0.1) is 27.7 Å². The van der Waals surface area contributed by atoms with E-state index in [1.165, 1.54) is 52.0 Å². The number of aromatic nitrogens is 8. The summed E-state index contributed by atoms with van der Waals surface area (Å²) < 4.78 is 101. The van der Waals surface area contributed by atoms with E-state index in [4.69, 9.17) is 28.6 Å². The second-order valence-corrected chi connectivity index (χ2v) is 43.2. The molecule has 150 heavy (non-hydrogen) atoms. The van der Waals surface area contributed by atoms with Crippen molar-refractivity contribution in [3.05, 3.63) is 144 Å². The zero-order chi connectivity index (χ0) is 108. The molecule has 0 aliphatic carbocycles. The van der Waals surface area contributed by atoms with E-state index < -0.39 is 194 Å². The molecule has 9 amide bonds. The van der Waals surface area contributed by atoms with Gasteiger partial charge in [-0.25, -0.2) is 37.3 Å². The van der Waals surface area contributed by atoms with E-state index in [9.17, 15) is 89.4 Å². The van der Waals surface area contributed by atoms with Crippen molar-refractivity contribution >= 4 is 178 Å². The van der Waals surface area contributed by atoms with Crippen LogP contribution < -0.4 is 77.4 Å². The minimum absolute atomic E-state index is 0.0348. The molecule has 4 bridgehead atoms. The second kappa shape index (κ2) is 59.0. The number of nitrogens with one attached hydrogen (secondary N) is 15. The molecule has 0 spiro atoms. The number of carboxylic acids is 2. The molecule has 7 atom stereocenters. The van der Waals surface area contributed by atoms with Crippen molar-refractivity contribution < 1.29 is 137 Å². The number of rotatable bonds is 59. The number of aromatic amines is 2. The van der Waals surface area contributed by atoms with Gasteiger partial charge in [0.1, 0.15) is 35.7 Å². The molecule has 4 aromatic heterocycles. The fourth-order valence-electron chi connectivity index (χ4n) is 16.2. The van der Waals surface area contributed by atoms with E-state index >= 15 is 0 Å². The van der Waals surface area contributed by atoms with Crippen molar-refractivity contribution in [2.75, 3.05) is 166 Å². The van der Waals surface area contributed by atoms with Gasteiger partial charge in [0.15, 0.2) is 11.9 Å². The zero-order valence-corrected chi connectivity index (χ0v) is 89.0. The Morgan fingerprint density at radius 2 is 0.907 bits per heavy atom. The fourth-order valence-corrected chi connectivity index (χ4v) is 23.5. The Morgan fingerprint density at radius 3 is 1.33 bits per heavy atom. The number of carbonyl (C=O) groups excluding carboxylic acids is 11. The van der Waals surface area contributed by atoms with Crippen LogP contribution in [0.3, 0.4) is 0 Å². The van der Waals surface area contributed by atoms with E-state index in [1.807, 2.05) is 0 Å². The van der Waals surface area contributed by atoms with Gasteiger partial charge in [0.2, 0.25) is 49.6 Å². The van der Waals surface area contributed by atoms with Crippen LogP contribution >= 0.6 is 24.1 Å². The Hall–Kier alpha value is -12.9. The molecule has 60 heteroatoms. The fraction of sp³-hybridized carbons (Fsp3) is 0.478. The Balaban J connectivity index is 0.646. The van der Waals surface area contributed by atoms with E-state index in [-0.39, 0.29) is 171 Å². The predicted molar refractivity (Wildman–Crippen MR) is 538 cm³/mol. The zero-order valence-electron chi connectivity index (χ0n) is 82.5. The summed E-state index contributed by atoms with van der Waals surface area (Å²) in [4.78, 5) is 197. The molecule has 7 heterocycles. The third-order valence-corrected chi connectivity index (χ3v) is 32.4. The molecular formula is C90H122InN25O30S4. The van der Waals surface area contributed by atoms with Gasteiger partial charge in [0.05, 0.1) is 57.9 Å². The number of benzene rings is 4. The number of aryl methyl sites for hydroxylation is 6. The molecule has 55 nitrogen and oxygen atoms in total. The molecular weight excluding hydrogens is 2150 g/mol. The summed E-state index contributed by atoms with van der Waals surface area (Å²) in [5.41, 5.74) is 2.62. The number of carbonyl (C=O) groups is 13. The summed E-state index contributed by atoms with van der Waals surface area (Å²) >= 11 is -3.51. The molecule has 814 valence electrons. The van der Waals surface area contributed by atoms with E-state index in [0.29, 0.717) is 112 Å². The number of aliphatic carboxylic acids is 2. The first-order valence-electron chi connectivity index (χ1n) is 47.7. The normalized spacial score (nSPS) is 16.2. The molecule has 3 saturated heterocycles. The monoisotopic (exact) mass is 2280 g/mol. The maximum absolute atomic E-state index is 14.7. The average molecular weight is 2280 g/mol. The van der Waals surface area contributed by atoms with E-state index in [0.717, 1.165) is 11.0 Å². The Bertz CT molecular complexity index is 6150. The molecule has 0 saturated carbocycles. The van der Waals surface area contributed by atoms with Crippen LogP contribution in [-0.2, 0) is 113 Å². The number of hydrogen-bond donors (Lipinski definition) is 19. The molecule has 3 aliphatic heterocycles. The number of sulfonamides is 2. The van der Waals surface area contributed by atoms with Crippen molar-refractivity contribution in [2.24, 2.45) is 0 Å². The maximum atomic E-state index is 14.7. The number of fused-ring (bicyclic) bond motifs is 9. The van der Waals surface area contributed by atoms with Gasteiger partial charge in [-0.3, -0.25) is 57.3 Å². The number of nitrogens with zero attached hydrogens (tertiary/aromatic N) is 10. The number of imidazole rings is 2. The topological polar surface area (TPSA) is 717 Å². The Labute approximate surface area is 878 Å². The quantitative estimate of drug-likeness (QED) is 0.00950. The van der Waals surface area contributed by atoms with Gasteiger partial charge in [-0.05, 0) is 136 Å². The van der Waals surface area contributed by atoms with Crippen molar-refractivity contribution in [1.29, 1.82) is 0 Å². The average Bonchev–Trinajstić information content (AvgIpc) is 1.07. The summed E-state index contributed by atoms with van der Waals surface area (Å²) in [6.07, 6.45) is 10.2. The number of hydrogen-bond acceptors (Lipinski definition) is 40. The molecule has 3 fully saturated rings. The third kappa shape index (κ3) is 37.6. The van der Waals surface area contributed by atoms with Crippen molar-refractivity contribution in [1.82, 2.24) is 116 Å². The van der Waals surface area contributed by atoms with Gasteiger partial charge in [-0.15, -0.1) is 8.67 Å². The van der Waals surface area contributed by atoms with Crippen LogP contribution in [0.4, 0.5) is 11.9 Å².